The van der Waals surface area contributed by atoms with Gasteiger partial charge < -0.3 is 9.72 Å². The van der Waals surface area contributed by atoms with Gasteiger partial charge in [-0.15, -0.1) is 0 Å². The summed E-state index contributed by atoms with van der Waals surface area (Å²) in [5.74, 6) is -0.374. The minimum Gasteiger partial charge on any atom is -0.461 e. The van der Waals surface area contributed by atoms with Gasteiger partial charge in [0.25, 0.3) is 0 Å². The normalized spacial score (nSPS) is 10.1. The summed E-state index contributed by atoms with van der Waals surface area (Å²) in [5.41, 5.74) is 1.17. The summed E-state index contributed by atoms with van der Waals surface area (Å²) in [6.45, 7) is 4.08. The molecule has 1 N–H and O–H groups in total. The highest BCUT2D eigenvalue weighted by molar-refractivity contribution is 9.10. The maximum absolute atomic E-state index is 11.3. The summed E-state index contributed by atoms with van der Waals surface area (Å²) in [5, 5.41) is 0. The van der Waals surface area contributed by atoms with Gasteiger partial charge in [-0.05, 0) is 29.3 Å². The van der Waals surface area contributed by atoms with Gasteiger partial charge in [0.1, 0.15) is 0 Å². The molecule has 0 saturated heterocycles. The molecule has 0 unspecified atom stereocenters. The molecule has 13 heavy (non-hydrogen) atoms. The highest BCUT2D eigenvalue weighted by Crippen LogP contribution is 2.12. The zero-order valence-electron chi connectivity index (χ0n) is 7.56. The Labute approximate surface area is 84.8 Å². The van der Waals surface area contributed by atoms with E-state index in [-0.39, 0.29) is 5.97 Å². The summed E-state index contributed by atoms with van der Waals surface area (Å²) in [6.07, 6.45) is 0.729. The van der Waals surface area contributed by atoms with Gasteiger partial charge in [0.05, 0.1) is 12.3 Å². The standard InChI is InChI=1S/C8H11BrN2O2/c1-3-5-6(7(12)13-4-2)11-8(9)10-5/h3-4H2,1-2H3,(H,10,11). The van der Waals surface area contributed by atoms with E-state index in [4.69, 9.17) is 4.74 Å². The number of ether oxygens (including phenoxy) is 1. The van der Waals surface area contributed by atoms with Crippen LogP contribution in [-0.2, 0) is 11.2 Å². The first-order chi connectivity index (χ1) is 6.19. The molecule has 0 aliphatic rings. The van der Waals surface area contributed by atoms with Crippen LogP contribution >= 0.6 is 15.9 Å². The monoisotopic (exact) mass is 246 g/mol. The van der Waals surface area contributed by atoms with Crippen molar-refractivity contribution in [1.82, 2.24) is 9.97 Å². The SMILES string of the molecule is CCOC(=O)c1nc(Br)[nH]c1CC. The van der Waals surface area contributed by atoms with Crippen molar-refractivity contribution in [2.24, 2.45) is 0 Å². The molecule has 0 aliphatic carbocycles. The molecule has 0 saturated carbocycles. The summed E-state index contributed by atoms with van der Waals surface area (Å²) in [6, 6.07) is 0. The van der Waals surface area contributed by atoms with Crippen molar-refractivity contribution >= 4 is 21.9 Å². The van der Waals surface area contributed by atoms with E-state index in [2.05, 4.69) is 25.9 Å². The van der Waals surface area contributed by atoms with Gasteiger partial charge in [-0.1, -0.05) is 6.92 Å². The number of H-pyrrole nitrogens is 1. The zero-order chi connectivity index (χ0) is 9.84. The van der Waals surface area contributed by atoms with Crippen molar-refractivity contribution in [1.29, 1.82) is 0 Å². The molecule has 0 amide bonds. The number of rotatable bonds is 3. The summed E-state index contributed by atoms with van der Waals surface area (Å²) >= 11 is 3.17. The third kappa shape index (κ3) is 2.30. The largest absolute Gasteiger partial charge is 0.461 e. The van der Waals surface area contributed by atoms with E-state index < -0.39 is 0 Å². The molecular weight excluding hydrogens is 236 g/mol. The van der Waals surface area contributed by atoms with Crippen LogP contribution in [0.1, 0.15) is 30.0 Å². The first-order valence-corrected chi connectivity index (χ1v) is 4.89. The highest BCUT2D eigenvalue weighted by Gasteiger charge is 2.16. The van der Waals surface area contributed by atoms with Gasteiger partial charge in [0, 0.05) is 0 Å². The minimum atomic E-state index is -0.374. The van der Waals surface area contributed by atoms with Crippen LogP contribution in [0, 0.1) is 0 Å². The second-order valence-corrected chi connectivity index (χ2v) is 3.18. The third-order valence-electron chi connectivity index (χ3n) is 1.57. The fourth-order valence-electron chi connectivity index (χ4n) is 1.00. The lowest BCUT2D eigenvalue weighted by atomic mass is 10.3. The van der Waals surface area contributed by atoms with Crippen LogP contribution in [0.2, 0.25) is 0 Å². The predicted molar refractivity (Wildman–Crippen MR) is 51.6 cm³/mol. The molecule has 0 aliphatic heterocycles. The smallest absolute Gasteiger partial charge is 0.358 e. The lowest BCUT2D eigenvalue weighted by Crippen LogP contribution is -2.07. The molecule has 0 spiro atoms. The van der Waals surface area contributed by atoms with Crippen molar-refractivity contribution in [2.75, 3.05) is 6.61 Å². The van der Waals surface area contributed by atoms with Crippen molar-refractivity contribution in [3.63, 3.8) is 0 Å². The van der Waals surface area contributed by atoms with E-state index in [0.29, 0.717) is 17.0 Å². The van der Waals surface area contributed by atoms with Gasteiger partial charge in [-0.2, -0.15) is 0 Å². The average molecular weight is 247 g/mol. The number of nitrogens with one attached hydrogen (secondary N) is 1. The van der Waals surface area contributed by atoms with Crippen LogP contribution in [0.4, 0.5) is 0 Å². The molecule has 0 radical (unpaired) electrons. The van der Waals surface area contributed by atoms with E-state index in [0.717, 1.165) is 12.1 Å². The van der Waals surface area contributed by atoms with E-state index in [1.54, 1.807) is 6.92 Å². The van der Waals surface area contributed by atoms with E-state index >= 15 is 0 Å². The maximum Gasteiger partial charge on any atom is 0.358 e. The predicted octanol–water partition coefficient (Wildman–Crippen LogP) is 1.91. The summed E-state index contributed by atoms with van der Waals surface area (Å²) < 4.78 is 5.40. The number of imidazole rings is 1. The Kier molecular flexibility index (Phi) is 3.48. The molecule has 5 heteroatoms. The number of halogens is 1. The lowest BCUT2D eigenvalue weighted by molar-refractivity contribution is 0.0518. The number of carbonyl (C=O) groups excluding carboxylic acids is 1. The molecule has 0 atom stereocenters. The molecule has 1 heterocycles. The number of aromatic nitrogens is 2. The van der Waals surface area contributed by atoms with Crippen LogP contribution in [0.25, 0.3) is 0 Å². The van der Waals surface area contributed by atoms with Crippen molar-refractivity contribution in [2.45, 2.75) is 20.3 Å². The number of hydrogen-bond donors (Lipinski definition) is 1. The number of carbonyl (C=O) groups is 1. The van der Waals surface area contributed by atoms with Gasteiger partial charge in [0.2, 0.25) is 0 Å². The summed E-state index contributed by atoms with van der Waals surface area (Å²) in [4.78, 5) is 18.2. The Bertz CT molecular complexity index is 309. The maximum atomic E-state index is 11.3. The average Bonchev–Trinajstić information content (AvgIpc) is 2.47. The van der Waals surface area contributed by atoms with Gasteiger partial charge in [-0.25, -0.2) is 9.78 Å². The van der Waals surface area contributed by atoms with Gasteiger partial charge in [0.15, 0.2) is 10.4 Å². The fourth-order valence-corrected chi connectivity index (χ4v) is 1.42. The number of esters is 1. The fraction of sp³-hybridized carbons (Fsp3) is 0.500. The number of aryl methyl sites for hydroxylation is 1. The first kappa shape index (κ1) is 10.2. The van der Waals surface area contributed by atoms with E-state index in [1.807, 2.05) is 6.92 Å². The zero-order valence-corrected chi connectivity index (χ0v) is 9.14. The van der Waals surface area contributed by atoms with Crippen LogP contribution in [-0.4, -0.2) is 22.5 Å². The van der Waals surface area contributed by atoms with Crippen molar-refractivity contribution in [3.05, 3.63) is 16.1 Å². The third-order valence-corrected chi connectivity index (χ3v) is 1.95. The highest BCUT2D eigenvalue weighted by atomic mass is 79.9. The van der Waals surface area contributed by atoms with Crippen LogP contribution in [0.3, 0.4) is 0 Å². The molecule has 1 aromatic heterocycles. The van der Waals surface area contributed by atoms with E-state index in [1.165, 1.54) is 0 Å². The second-order valence-electron chi connectivity index (χ2n) is 2.43. The molecule has 1 aromatic rings. The van der Waals surface area contributed by atoms with Gasteiger partial charge in [-0.3, -0.25) is 0 Å². The topological polar surface area (TPSA) is 55.0 Å². The van der Waals surface area contributed by atoms with Crippen LogP contribution in [0.5, 0.6) is 0 Å². The molecular formula is C8H11BrN2O2. The molecule has 0 bridgehead atoms. The Morgan fingerprint density at radius 1 is 1.62 bits per heavy atom. The molecule has 0 aromatic carbocycles. The molecule has 4 nitrogen and oxygen atoms in total. The molecule has 1 rings (SSSR count). The lowest BCUT2D eigenvalue weighted by Gasteiger charge is -1.99. The number of aromatic amines is 1. The Morgan fingerprint density at radius 3 is 2.85 bits per heavy atom. The molecule has 0 fully saturated rings. The quantitative estimate of drug-likeness (QED) is 0.830. The van der Waals surface area contributed by atoms with Crippen molar-refractivity contribution in [3.8, 4) is 0 Å². The Balaban J connectivity index is 2.91. The Morgan fingerprint density at radius 2 is 2.31 bits per heavy atom. The van der Waals surface area contributed by atoms with E-state index in [9.17, 15) is 4.79 Å². The second kappa shape index (κ2) is 4.41. The number of hydrogen-bond acceptors (Lipinski definition) is 3. The Hall–Kier alpha value is -0.840. The minimum absolute atomic E-state index is 0.368. The van der Waals surface area contributed by atoms with Gasteiger partial charge >= 0.3 is 5.97 Å². The summed E-state index contributed by atoms with van der Waals surface area (Å²) in [7, 11) is 0. The van der Waals surface area contributed by atoms with Crippen LogP contribution < -0.4 is 0 Å². The van der Waals surface area contributed by atoms with Crippen LogP contribution in [0.15, 0.2) is 4.73 Å². The number of nitrogens with zero attached hydrogens (tertiary/aromatic N) is 1. The van der Waals surface area contributed by atoms with Crippen molar-refractivity contribution < 1.29 is 9.53 Å². The molecule has 72 valence electrons. The first-order valence-electron chi connectivity index (χ1n) is 4.10.